The van der Waals surface area contributed by atoms with Crippen LogP contribution in [0.4, 0.5) is 8.78 Å². The van der Waals surface area contributed by atoms with Crippen LogP contribution >= 0.6 is 0 Å². The average molecular weight is 377 g/mol. The Balaban J connectivity index is 1.66. The van der Waals surface area contributed by atoms with E-state index in [1.807, 2.05) is 4.90 Å². The number of piperidine rings is 1. The van der Waals surface area contributed by atoms with Gasteiger partial charge < -0.3 is 14.9 Å². The second kappa shape index (κ2) is 9.37. The molecule has 0 spiro atoms. The van der Waals surface area contributed by atoms with Crippen LogP contribution in [0.15, 0.2) is 48.5 Å². The molecule has 2 N–H and O–H groups in total. The molecular weight excluding hydrogens is 352 g/mol. The summed E-state index contributed by atoms with van der Waals surface area (Å²) >= 11 is 0. The number of likely N-dealkylation sites (tertiary alicyclic amines) is 1. The van der Waals surface area contributed by atoms with Crippen molar-refractivity contribution >= 4 is 0 Å². The van der Waals surface area contributed by atoms with Gasteiger partial charge in [0.1, 0.15) is 17.7 Å². The molecular formula is C21H25F2NO3. The van der Waals surface area contributed by atoms with Crippen molar-refractivity contribution < 1.29 is 23.7 Å². The minimum atomic E-state index is -0.723. The summed E-state index contributed by atoms with van der Waals surface area (Å²) in [6, 6.07) is 11.9. The van der Waals surface area contributed by atoms with Gasteiger partial charge >= 0.3 is 0 Å². The van der Waals surface area contributed by atoms with E-state index in [1.165, 1.54) is 24.3 Å². The first-order chi connectivity index (χ1) is 13.0. The summed E-state index contributed by atoms with van der Waals surface area (Å²) in [4.78, 5) is 2.02. The van der Waals surface area contributed by atoms with E-state index in [9.17, 15) is 19.0 Å². The third kappa shape index (κ3) is 5.81. The summed E-state index contributed by atoms with van der Waals surface area (Å²) in [6.07, 6.45) is 0.0903. The maximum Gasteiger partial charge on any atom is 0.123 e. The smallest absolute Gasteiger partial charge is 0.123 e. The Hall–Kier alpha value is -1.86. The van der Waals surface area contributed by atoms with Crippen LogP contribution < -0.4 is 0 Å². The fourth-order valence-corrected chi connectivity index (χ4v) is 3.42. The Morgan fingerprint density at radius 3 is 2.07 bits per heavy atom. The van der Waals surface area contributed by atoms with Crippen LogP contribution in [0.1, 0.15) is 30.1 Å². The first kappa shape index (κ1) is 19.9. The number of aliphatic hydroxyl groups is 2. The summed E-state index contributed by atoms with van der Waals surface area (Å²) in [5.74, 6) is -0.694. The van der Waals surface area contributed by atoms with Gasteiger partial charge in [-0.1, -0.05) is 24.3 Å². The average Bonchev–Trinajstić information content (AvgIpc) is 2.64. The second-order valence-corrected chi connectivity index (χ2v) is 7.03. The summed E-state index contributed by atoms with van der Waals surface area (Å²) in [5.41, 5.74) is 1.45. The zero-order valence-corrected chi connectivity index (χ0v) is 15.1. The van der Waals surface area contributed by atoms with Gasteiger partial charge in [0.2, 0.25) is 0 Å². The number of halogens is 2. The third-order valence-electron chi connectivity index (χ3n) is 4.75. The Labute approximate surface area is 158 Å². The highest BCUT2D eigenvalue weighted by atomic mass is 19.1. The molecule has 0 aromatic heterocycles. The summed E-state index contributed by atoms with van der Waals surface area (Å²) in [7, 11) is 0. The van der Waals surface area contributed by atoms with Crippen LogP contribution in [0.25, 0.3) is 0 Å². The van der Waals surface area contributed by atoms with Crippen LogP contribution in [0, 0.1) is 11.6 Å². The molecule has 1 aliphatic heterocycles. The Kier molecular flexibility index (Phi) is 6.90. The molecule has 0 aliphatic carbocycles. The van der Waals surface area contributed by atoms with E-state index in [2.05, 4.69) is 0 Å². The van der Waals surface area contributed by atoms with Crippen molar-refractivity contribution in [1.82, 2.24) is 4.90 Å². The molecule has 0 saturated carbocycles. The molecule has 0 radical (unpaired) electrons. The first-order valence-corrected chi connectivity index (χ1v) is 9.22. The maximum atomic E-state index is 13.3. The zero-order valence-electron chi connectivity index (χ0n) is 15.1. The van der Waals surface area contributed by atoms with Gasteiger partial charge in [-0.25, -0.2) is 8.78 Å². The molecule has 0 bridgehead atoms. The fraction of sp³-hybridized carbons (Fsp3) is 0.429. The molecule has 4 nitrogen and oxygen atoms in total. The van der Waals surface area contributed by atoms with Crippen LogP contribution in [0.3, 0.4) is 0 Å². The van der Waals surface area contributed by atoms with E-state index in [1.54, 1.807) is 24.3 Å². The van der Waals surface area contributed by atoms with Crippen molar-refractivity contribution in [1.29, 1.82) is 0 Å². The van der Waals surface area contributed by atoms with E-state index in [4.69, 9.17) is 4.74 Å². The number of hydrogen-bond donors (Lipinski definition) is 2. The highest BCUT2D eigenvalue weighted by Crippen LogP contribution is 2.27. The predicted octanol–water partition coefficient (Wildman–Crippen LogP) is 2.89. The number of benzene rings is 2. The fourth-order valence-electron chi connectivity index (χ4n) is 3.42. The van der Waals surface area contributed by atoms with E-state index >= 15 is 0 Å². The SMILES string of the molecule is O[C@@H]1CCCN(C[C@H](O)COC(c2ccc(F)cc2)c2ccc(F)cc2)C1. The molecule has 2 aromatic carbocycles. The quantitative estimate of drug-likeness (QED) is 0.779. The van der Waals surface area contributed by atoms with Crippen molar-refractivity contribution in [3.63, 3.8) is 0 Å². The normalized spacial score (nSPS) is 19.4. The highest BCUT2D eigenvalue weighted by Gasteiger charge is 2.22. The lowest BCUT2D eigenvalue weighted by Crippen LogP contribution is -2.43. The molecule has 27 heavy (non-hydrogen) atoms. The number of β-amino-alcohol motifs (C(OH)–C–C–N with tert-alkyl or cyclic N) is 2. The van der Waals surface area contributed by atoms with E-state index in [-0.39, 0.29) is 24.3 Å². The van der Waals surface area contributed by atoms with E-state index < -0.39 is 12.2 Å². The van der Waals surface area contributed by atoms with Gasteiger partial charge in [0, 0.05) is 13.1 Å². The van der Waals surface area contributed by atoms with Gasteiger partial charge in [-0.3, -0.25) is 4.90 Å². The van der Waals surface area contributed by atoms with Crippen molar-refractivity contribution in [3.05, 3.63) is 71.3 Å². The van der Waals surface area contributed by atoms with Gasteiger partial charge in [0.25, 0.3) is 0 Å². The standard InChI is InChI=1S/C21H25F2NO3/c22-17-7-3-15(4-8-17)21(16-5-9-18(23)10-6-16)27-14-20(26)13-24-11-1-2-19(25)12-24/h3-10,19-21,25-26H,1-2,11-14H2/t19-,20+/m1/s1. The molecule has 2 atom stereocenters. The van der Waals surface area contributed by atoms with Crippen molar-refractivity contribution in [2.45, 2.75) is 31.2 Å². The van der Waals surface area contributed by atoms with Gasteiger partial charge in [-0.2, -0.15) is 0 Å². The minimum absolute atomic E-state index is 0.0754. The monoisotopic (exact) mass is 377 g/mol. The molecule has 6 heteroatoms. The van der Waals surface area contributed by atoms with Crippen LogP contribution in [0.5, 0.6) is 0 Å². The lowest BCUT2D eigenvalue weighted by atomic mass is 10.0. The molecule has 1 heterocycles. The Morgan fingerprint density at radius 2 is 1.56 bits per heavy atom. The van der Waals surface area contributed by atoms with Gasteiger partial charge in [-0.05, 0) is 54.8 Å². The maximum absolute atomic E-state index is 13.3. The topological polar surface area (TPSA) is 52.9 Å². The van der Waals surface area contributed by atoms with E-state index in [0.29, 0.717) is 13.1 Å². The molecule has 1 aliphatic rings. The number of rotatable bonds is 7. The lowest BCUT2D eigenvalue weighted by molar-refractivity contribution is -0.0205. The Morgan fingerprint density at radius 1 is 1.00 bits per heavy atom. The zero-order chi connectivity index (χ0) is 19.2. The second-order valence-electron chi connectivity index (χ2n) is 7.03. The molecule has 2 aromatic rings. The number of aliphatic hydroxyl groups excluding tert-OH is 2. The van der Waals surface area contributed by atoms with E-state index in [0.717, 1.165) is 30.5 Å². The van der Waals surface area contributed by atoms with Gasteiger partial charge in [0.15, 0.2) is 0 Å². The number of ether oxygens (including phenoxy) is 1. The molecule has 3 rings (SSSR count). The summed E-state index contributed by atoms with van der Waals surface area (Å²) < 4.78 is 32.5. The molecule has 1 saturated heterocycles. The lowest BCUT2D eigenvalue weighted by Gasteiger charge is -2.31. The first-order valence-electron chi connectivity index (χ1n) is 9.22. The van der Waals surface area contributed by atoms with Crippen LogP contribution in [-0.4, -0.2) is 53.6 Å². The van der Waals surface area contributed by atoms with Crippen molar-refractivity contribution in [3.8, 4) is 0 Å². The summed E-state index contributed by atoms with van der Waals surface area (Å²) in [6.45, 7) is 1.88. The molecule has 0 amide bonds. The molecule has 146 valence electrons. The highest BCUT2D eigenvalue weighted by molar-refractivity contribution is 5.30. The largest absolute Gasteiger partial charge is 0.392 e. The predicted molar refractivity (Wildman–Crippen MR) is 98.3 cm³/mol. The van der Waals surface area contributed by atoms with Crippen molar-refractivity contribution in [2.24, 2.45) is 0 Å². The minimum Gasteiger partial charge on any atom is -0.392 e. The molecule has 1 fully saturated rings. The van der Waals surface area contributed by atoms with Crippen LogP contribution in [0.2, 0.25) is 0 Å². The number of hydrogen-bond acceptors (Lipinski definition) is 4. The Bertz CT molecular complexity index is 663. The van der Waals surface area contributed by atoms with Crippen molar-refractivity contribution in [2.75, 3.05) is 26.2 Å². The molecule has 0 unspecified atom stereocenters. The number of nitrogens with zero attached hydrogens (tertiary/aromatic N) is 1. The van der Waals surface area contributed by atoms with Gasteiger partial charge in [0.05, 0.1) is 18.8 Å². The summed E-state index contributed by atoms with van der Waals surface area (Å²) in [5, 5.41) is 20.1. The van der Waals surface area contributed by atoms with Crippen LogP contribution in [-0.2, 0) is 4.74 Å². The van der Waals surface area contributed by atoms with Gasteiger partial charge in [-0.15, -0.1) is 0 Å². The third-order valence-corrected chi connectivity index (χ3v) is 4.75.